The highest BCUT2D eigenvalue weighted by atomic mass is 16.2. The van der Waals surface area contributed by atoms with Crippen molar-refractivity contribution in [1.29, 1.82) is 0 Å². The van der Waals surface area contributed by atoms with Crippen LogP contribution in [0.3, 0.4) is 0 Å². The average Bonchev–Trinajstić information content (AvgIpc) is 3.21. The molecule has 1 atom stereocenters. The molecular formula is C16H24N2O. The molecule has 0 aromatic heterocycles. The van der Waals surface area contributed by atoms with Gasteiger partial charge in [0.1, 0.15) is 6.04 Å². The van der Waals surface area contributed by atoms with Gasteiger partial charge in [0, 0.05) is 13.1 Å². The third-order valence-electron chi connectivity index (χ3n) is 3.68. The van der Waals surface area contributed by atoms with Crippen molar-refractivity contribution in [2.24, 2.45) is 11.7 Å². The summed E-state index contributed by atoms with van der Waals surface area (Å²) in [5.41, 5.74) is 8.22. The first kappa shape index (κ1) is 14.1. The van der Waals surface area contributed by atoms with Gasteiger partial charge in [0.15, 0.2) is 0 Å². The summed E-state index contributed by atoms with van der Waals surface area (Å²) >= 11 is 0. The Bertz CT molecular complexity index is 423. The van der Waals surface area contributed by atoms with Crippen molar-refractivity contribution in [3.63, 3.8) is 0 Å². The number of nitrogens with zero attached hydrogens (tertiary/aromatic N) is 1. The summed E-state index contributed by atoms with van der Waals surface area (Å²) in [6.45, 7) is 5.83. The molecule has 3 nitrogen and oxygen atoms in total. The second kappa shape index (κ2) is 6.20. The molecule has 0 spiro atoms. The molecule has 0 heterocycles. The first-order chi connectivity index (χ1) is 9.11. The number of nitrogens with two attached hydrogens (primary N) is 1. The minimum Gasteiger partial charge on any atom is -0.341 e. The largest absolute Gasteiger partial charge is 0.341 e. The number of benzene rings is 1. The van der Waals surface area contributed by atoms with E-state index in [0.717, 1.165) is 25.1 Å². The number of hydrogen-bond acceptors (Lipinski definition) is 2. The normalized spacial score (nSPS) is 16.2. The van der Waals surface area contributed by atoms with Crippen molar-refractivity contribution in [1.82, 2.24) is 4.90 Å². The molecule has 1 aromatic carbocycles. The number of rotatable bonds is 6. The van der Waals surface area contributed by atoms with Gasteiger partial charge in [0.25, 0.3) is 0 Å². The summed E-state index contributed by atoms with van der Waals surface area (Å²) in [6.07, 6.45) is 3.50. The fourth-order valence-corrected chi connectivity index (χ4v) is 2.29. The van der Waals surface area contributed by atoms with E-state index in [-0.39, 0.29) is 5.91 Å². The lowest BCUT2D eigenvalue weighted by molar-refractivity contribution is -0.133. The first-order valence-corrected chi connectivity index (χ1v) is 7.22. The fourth-order valence-electron chi connectivity index (χ4n) is 2.29. The zero-order valence-electron chi connectivity index (χ0n) is 11.9. The summed E-state index contributed by atoms with van der Waals surface area (Å²) in [5, 5.41) is 0. The van der Waals surface area contributed by atoms with Gasteiger partial charge in [-0.15, -0.1) is 0 Å². The van der Waals surface area contributed by atoms with Crippen LogP contribution in [0, 0.1) is 12.8 Å². The molecule has 1 saturated carbocycles. The molecule has 0 radical (unpaired) electrons. The predicted octanol–water partition coefficient (Wildman–Crippen LogP) is 2.64. The molecule has 2 N–H and O–H groups in total. The molecule has 104 valence electrons. The highest BCUT2D eigenvalue weighted by Crippen LogP contribution is 2.30. The standard InChI is InChI=1S/C16H24N2O/c1-3-10-18(11-13-6-7-13)16(19)15(17)14-8-4-12(2)5-9-14/h4-5,8-9,13,15H,3,6-7,10-11,17H2,1-2H3. The molecule has 1 aromatic rings. The number of hydrogen-bond donors (Lipinski definition) is 1. The van der Waals surface area contributed by atoms with E-state index in [1.807, 2.05) is 36.1 Å². The van der Waals surface area contributed by atoms with Crippen molar-refractivity contribution in [2.45, 2.75) is 39.2 Å². The van der Waals surface area contributed by atoms with Gasteiger partial charge in [-0.2, -0.15) is 0 Å². The van der Waals surface area contributed by atoms with Gasteiger partial charge < -0.3 is 10.6 Å². The van der Waals surface area contributed by atoms with Crippen molar-refractivity contribution >= 4 is 5.91 Å². The Morgan fingerprint density at radius 2 is 2.00 bits per heavy atom. The van der Waals surface area contributed by atoms with E-state index in [9.17, 15) is 4.79 Å². The minimum absolute atomic E-state index is 0.0672. The summed E-state index contributed by atoms with van der Waals surface area (Å²) in [5.74, 6) is 0.776. The van der Waals surface area contributed by atoms with E-state index in [1.54, 1.807) is 0 Å². The van der Waals surface area contributed by atoms with Gasteiger partial charge in [-0.25, -0.2) is 0 Å². The van der Waals surface area contributed by atoms with E-state index in [0.29, 0.717) is 5.92 Å². The summed E-state index contributed by atoms with van der Waals surface area (Å²) in [4.78, 5) is 14.4. The Morgan fingerprint density at radius 1 is 1.37 bits per heavy atom. The van der Waals surface area contributed by atoms with Gasteiger partial charge in [0.2, 0.25) is 5.91 Å². The molecular weight excluding hydrogens is 236 g/mol. The maximum absolute atomic E-state index is 12.5. The molecule has 0 aliphatic heterocycles. The van der Waals surface area contributed by atoms with E-state index >= 15 is 0 Å². The van der Waals surface area contributed by atoms with Crippen molar-refractivity contribution in [3.05, 3.63) is 35.4 Å². The quantitative estimate of drug-likeness (QED) is 0.854. The van der Waals surface area contributed by atoms with Gasteiger partial charge >= 0.3 is 0 Å². The van der Waals surface area contributed by atoms with Crippen LogP contribution in [0.1, 0.15) is 43.4 Å². The highest BCUT2D eigenvalue weighted by molar-refractivity contribution is 5.83. The molecule has 0 saturated heterocycles. The Labute approximate surface area is 115 Å². The lowest BCUT2D eigenvalue weighted by atomic mass is 10.0. The Balaban J connectivity index is 2.04. The zero-order valence-corrected chi connectivity index (χ0v) is 11.9. The SMILES string of the molecule is CCCN(CC1CC1)C(=O)C(N)c1ccc(C)cc1. The summed E-state index contributed by atoms with van der Waals surface area (Å²) in [7, 11) is 0. The van der Waals surface area contributed by atoms with Crippen LogP contribution in [0.2, 0.25) is 0 Å². The molecule has 1 unspecified atom stereocenters. The first-order valence-electron chi connectivity index (χ1n) is 7.22. The van der Waals surface area contributed by atoms with Crippen molar-refractivity contribution < 1.29 is 4.79 Å². The van der Waals surface area contributed by atoms with E-state index in [2.05, 4.69) is 6.92 Å². The highest BCUT2D eigenvalue weighted by Gasteiger charge is 2.29. The van der Waals surface area contributed by atoms with Gasteiger partial charge in [-0.3, -0.25) is 4.79 Å². The van der Waals surface area contributed by atoms with Crippen LogP contribution in [0.5, 0.6) is 0 Å². The van der Waals surface area contributed by atoms with Crippen LogP contribution in [0.25, 0.3) is 0 Å². The lowest BCUT2D eigenvalue weighted by Crippen LogP contribution is -2.40. The number of aryl methyl sites for hydroxylation is 1. The summed E-state index contributed by atoms with van der Waals surface area (Å²) < 4.78 is 0. The van der Waals surface area contributed by atoms with Gasteiger partial charge in [-0.1, -0.05) is 36.8 Å². The molecule has 3 heteroatoms. The number of carbonyl (C=O) groups excluding carboxylic acids is 1. The third kappa shape index (κ3) is 3.80. The second-order valence-corrected chi connectivity index (χ2v) is 5.62. The number of carbonyl (C=O) groups is 1. The van der Waals surface area contributed by atoms with Crippen LogP contribution < -0.4 is 5.73 Å². The molecule has 1 fully saturated rings. The smallest absolute Gasteiger partial charge is 0.244 e. The Hall–Kier alpha value is -1.35. The third-order valence-corrected chi connectivity index (χ3v) is 3.68. The molecule has 0 bridgehead atoms. The van der Waals surface area contributed by atoms with E-state index in [1.165, 1.54) is 18.4 Å². The van der Waals surface area contributed by atoms with Crippen molar-refractivity contribution in [2.75, 3.05) is 13.1 Å². The molecule has 1 aliphatic rings. The van der Waals surface area contributed by atoms with Crippen LogP contribution in [-0.4, -0.2) is 23.9 Å². The molecule has 19 heavy (non-hydrogen) atoms. The van der Waals surface area contributed by atoms with E-state index < -0.39 is 6.04 Å². The van der Waals surface area contributed by atoms with Gasteiger partial charge in [-0.05, 0) is 37.7 Å². The number of amides is 1. The lowest BCUT2D eigenvalue weighted by Gasteiger charge is -2.25. The predicted molar refractivity (Wildman–Crippen MR) is 77.7 cm³/mol. The second-order valence-electron chi connectivity index (χ2n) is 5.62. The van der Waals surface area contributed by atoms with Crippen LogP contribution in [0.15, 0.2) is 24.3 Å². The van der Waals surface area contributed by atoms with Crippen molar-refractivity contribution in [3.8, 4) is 0 Å². The van der Waals surface area contributed by atoms with Crippen LogP contribution in [0.4, 0.5) is 0 Å². The van der Waals surface area contributed by atoms with Crippen LogP contribution in [-0.2, 0) is 4.79 Å². The topological polar surface area (TPSA) is 46.3 Å². The maximum Gasteiger partial charge on any atom is 0.244 e. The minimum atomic E-state index is -0.522. The van der Waals surface area contributed by atoms with Crippen LogP contribution >= 0.6 is 0 Å². The molecule has 1 aliphatic carbocycles. The summed E-state index contributed by atoms with van der Waals surface area (Å²) in [6, 6.07) is 7.41. The van der Waals surface area contributed by atoms with E-state index in [4.69, 9.17) is 5.73 Å². The Kier molecular flexibility index (Phi) is 4.59. The maximum atomic E-state index is 12.5. The Morgan fingerprint density at radius 3 is 2.53 bits per heavy atom. The fraction of sp³-hybridized carbons (Fsp3) is 0.562. The monoisotopic (exact) mass is 260 g/mol. The van der Waals surface area contributed by atoms with Gasteiger partial charge in [0.05, 0.1) is 0 Å². The zero-order chi connectivity index (χ0) is 13.8. The molecule has 2 rings (SSSR count). The average molecular weight is 260 g/mol. The molecule has 1 amide bonds.